The van der Waals surface area contributed by atoms with Crippen LogP contribution in [0.2, 0.25) is 0 Å². The third-order valence-corrected chi connectivity index (χ3v) is 4.47. The number of aromatic hydroxyl groups is 1. The van der Waals surface area contributed by atoms with Crippen molar-refractivity contribution in [3.8, 4) is 17.2 Å². The second kappa shape index (κ2) is 10.1. The van der Waals surface area contributed by atoms with Crippen molar-refractivity contribution in [3.05, 3.63) is 47.8 Å². The molecule has 0 unspecified atom stereocenters. The van der Waals surface area contributed by atoms with E-state index in [0.29, 0.717) is 29.2 Å². The molecule has 30 heavy (non-hydrogen) atoms. The van der Waals surface area contributed by atoms with Crippen molar-refractivity contribution in [2.75, 3.05) is 24.5 Å². The first-order valence-corrected chi connectivity index (χ1v) is 9.71. The molecule has 2 aromatic rings. The number of benzene rings is 2. The van der Waals surface area contributed by atoms with Crippen LogP contribution in [0, 0.1) is 5.82 Å². The maximum absolute atomic E-state index is 13.8. The van der Waals surface area contributed by atoms with Crippen molar-refractivity contribution in [1.29, 1.82) is 0 Å². The summed E-state index contributed by atoms with van der Waals surface area (Å²) < 4.78 is 34.7. The monoisotopic (exact) mass is 437 g/mol. The molecule has 2 aromatic carbocycles. The first-order valence-electron chi connectivity index (χ1n) is 9.08. The largest absolute Gasteiger partial charge is 0.505 e. The number of rotatable bonds is 8. The van der Waals surface area contributed by atoms with E-state index in [-0.39, 0.29) is 25.6 Å². The molecule has 8 nitrogen and oxygen atoms in total. The van der Waals surface area contributed by atoms with Crippen molar-refractivity contribution in [1.82, 2.24) is 0 Å². The average Bonchev–Trinajstić information content (AvgIpc) is 3.20. The molecule has 10 heteroatoms. The van der Waals surface area contributed by atoms with E-state index < -0.39 is 29.7 Å². The van der Waals surface area contributed by atoms with E-state index in [0.717, 1.165) is 6.07 Å². The van der Waals surface area contributed by atoms with Crippen LogP contribution in [-0.4, -0.2) is 36.3 Å². The number of thiol groups is 1. The first kappa shape index (κ1) is 21.6. The van der Waals surface area contributed by atoms with E-state index in [1.807, 2.05) is 0 Å². The van der Waals surface area contributed by atoms with Crippen LogP contribution < -0.4 is 14.8 Å². The number of phenols is 1. The Morgan fingerprint density at radius 1 is 1.20 bits per heavy atom. The molecule has 0 spiro atoms. The zero-order valence-corrected chi connectivity index (χ0v) is 16.7. The lowest BCUT2D eigenvalue weighted by Crippen LogP contribution is -2.18. The molecule has 0 bridgehead atoms. The van der Waals surface area contributed by atoms with Crippen LogP contribution in [0.3, 0.4) is 0 Å². The Bertz CT molecular complexity index is 924. The van der Waals surface area contributed by atoms with Crippen LogP contribution in [0.15, 0.2) is 36.4 Å². The lowest BCUT2D eigenvalue weighted by molar-refractivity contribution is -0.140. The van der Waals surface area contributed by atoms with Gasteiger partial charge in [-0.05, 0) is 42.7 Å². The highest BCUT2D eigenvalue weighted by Gasteiger charge is 2.20. The van der Waals surface area contributed by atoms with Gasteiger partial charge in [0.2, 0.25) is 6.79 Å². The van der Waals surface area contributed by atoms with Gasteiger partial charge in [0.05, 0.1) is 12.4 Å². The normalized spacial score (nSPS) is 12.9. The first-order chi connectivity index (χ1) is 14.5. The molecule has 3 rings (SSSR count). The quantitative estimate of drug-likeness (QED) is 0.328. The predicted molar refractivity (Wildman–Crippen MR) is 108 cm³/mol. The number of carbonyl (C=O) groups is 2. The van der Waals surface area contributed by atoms with Crippen LogP contribution in [0.25, 0.3) is 0 Å². The van der Waals surface area contributed by atoms with Gasteiger partial charge in [-0.25, -0.2) is 9.18 Å². The molecule has 160 valence electrons. The maximum atomic E-state index is 13.8. The second-order valence-corrected chi connectivity index (χ2v) is 6.63. The minimum absolute atomic E-state index is 0.0406. The number of hydrogen-bond donors (Lipinski definition) is 3. The summed E-state index contributed by atoms with van der Waals surface area (Å²) in [6, 6.07) is 8.60. The lowest BCUT2D eigenvalue weighted by Gasteiger charge is -2.19. The number of fused-ring (bicyclic) bond motifs is 1. The van der Waals surface area contributed by atoms with E-state index in [9.17, 15) is 19.1 Å². The van der Waals surface area contributed by atoms with Gasteiger partial charge < -0.3 is 24.1 Å². The molecule has 0 saturated carbocycles. The van der Waals surface area contributed by atoms with Gasteiger partial charge in [0.1, 0.15) is 6.10 Å². The highest BCUT2D eigenvalue weighted by Crippen LogP contribution is 2.34. The highest BCUT2D eigenvalue weighted by molar-refractivity contribution is 7.81. The Labute approximate surface area is 177 Å². The van der Waals surface area contributed by atoms with Gasteiger partial charge in [-0.1, -0.05) is 6.07 Å². The van der Waals surface area contributed by atoms with E-state index >= 15 is 0 Å². The van der Waals surface area contributed by atoms with Crippen LogP contribution in [-0.2, 0) is 14.3 Å². The Kier molecular flexibility index (Phi) is 7.23. The van der Waals surface area contributed by atoms with E-state index in [2.05, 4.69) is 17.9 Å². The fourth-order valence-electron chi connectivity index (χ4n) is 2.77. The van der Waals surface area contributed by atoms with Crippen molar-refractivity contribution in [2.24, 2.45) is 0 Å². The molecule has 2 N–H and O–H groups in total. The topological polar surface area (TPSA) is 103 Å². The smallest absolute Gasteiger partial charge is 0.412 e. The summed E-state index contributed by atoms with van der Waals surface area (Å²) in [7, 11) is 0. The van der Waals surface area contributed by atoms with Crippen molar-refractivity contribution in [2.45, 2.75) is 18.9 Å². The minimum atomic E-state index is -0.834. The number of carbonyl (C=O) groups excluding carboxylic acids is 2. The van der Waals surface area contributed by atoms with E-state index in [1.54, 1.807) is 18.2 Å². The number of phenolic OH excluding ortho intramolecular Hbond substituents is 1. The Hall–Kier alpha value is -3.14. The second-order valence-electron chi connectivity index (χ2n) is 6.32. The number of halogens is 1. The van der Waals surface area contributed by atoms with E-state index in [1.165, 1.54) is 12.1 Å². The molecule has 0 radical (unpaired) electrons. The molecule has 1 atom stereocenters. The number of esters is 1. The fourth-order valence-corrected chi connectivity index (χ4v) is 2.86. The van der Waals surface area contributed by atoms with Gasteiger partial charge in [-0.15, -0.1) is 0 Å². The van der Waals surface area contributed by atoms with Crippen molar-refractivity contribution >= 4 is 30.4 Å². The summed E-state index contributed by atoms with van der Waals surface area (Å²) in [4.78, 5) is 23.6. The number of amides is 1. The predicted octanol–water partition coefficient (Wildman–Crippen LogP) is 3.80. The SMILES string of the molecule is O=C(CS)OCCC[C@@H](OC(=O)Nc1ccc2c(c1)OCO2)c1ccc(O)c(F)c1. The number of nitrogens with one attached hydrogen (secondary N) is 1. The third kappa shape index (κ3) is 5.69. The van der Waals surface area contributed by atoms with Crippen LogP contribution in [0.1, 0.15) is 24.5 Å². The van der Waals surface area contributed by atoms with Crippen LogP contribution >= 0.6 is 12.6 Å². The van der Waals surface area contributed by atoms with Gasteiger partial charge in [-0.2, -0.15) is 12.6 Å². The standard InChI is InChI=1S/C20H20FNO7S/c21-14-8-12(3-5-15(14)23)16(2-1-7-26-19(24)10-30)29-20(25)22-13-4-6-17-18(9-13)28-11-27-17/h3-6,8-9,16,23,30H,1-2,7,10-11H2,(H,22,25)/t16-/m1/s1. The average molecular weight is 437 g/mol. The van der Waals surface area contributed by atoms with Crippen LogP contribution in [0.4, 0.5) is 14.9 Å². The molecule has 0 saturated heterocycles. The summed E-state index contributed by atoms with van der Waals surface area (Å²) >= 11 is 3.82. The molecular formula is C20H20FNO7S. The summed E-state index contributed by atoms with van der Waals surface area (Å²) in [6.07, 6.45) is -0.966. The Morgan fingerprint density at radius 2 is 2.00 bits per heavy atom. The zero-order valence-electron chi connectivity index (χ0n) is 15.8. The Balaban J connectivity index is 1.65. The fraction of sp³-hybridized carbons (Fsp3) is 0.300. The summed E-state index contributed by atoms with van der Waals surface area (Å²) in [5, 5.41) is 12.0. The van der Waals surface area contributed by atoms with Gasteiger partial charge in [0, 0.05) is 11.8 Å². The van der Waals surface area contributed by atoms with Crippen molar-refractivity contribution < 1.29 is 38.0 Å². The van der Waals surface area contributed by atoms with Gasteiger partial charge >= 0.3 is 12.1 Å². The van der Waals surface area contributed by atoms with Crippen LogP contribution in [0.5, 0.6) is 17.2 Å². The maximum Gasteiger partial charge on any atom is 0.412 e. The molecule has 0 fully saturated rings. The molecule has 1 aliphatic heterocycles. The highest BCUT2D eigenvalue weighted by atomic mass is 32.1. The van der Waals surface area contributed by atoms with Gasteiger partial charge in [0.15, 0.2) is 23.1 Å². The third-order valence-electron chi connectivity index (χ3n) is 4.21. The molecule has 0 aliphatic carbocycles. The summed E-state index contributed by atoms with van der Waals surface area (Å²) in [6.45, 7) is 0.207. The number of hydrogen-bond acceptors (Lipinski definition) is 8. The zero-order chi connectivity index (χ0) is 21.5. The summed E-state index contributed by atoms with van der Waals surface area (Å²) in [5.74, 6) is -0.782. The number of anilines is 1. The van der Waals surface area contributed by atoms with E-state index in [4.69, 9.17) is 18.9 Å². The Morgan fingerprint density at radius 3 is 2.77 bits per heavy atom. The van der Waals surface area contributed by atoms with Crippen molar-refractivity contribution in [3.63, 3.8) is 0 Å². The summed E-state index contributed by atoms with van der Waals surface area (Å²) in [5.41, 5.74) is 0.786. The lowest BCUT2D eigenvalue weighted by atomic mass is 10.0. The molecule has 0 aromatic heterocycles. The molecular weight excluding hydrogens is 417 g/mol. The molecule has 1 heterocycles. The van der Waals surface area contributed by atoms with Gasteiger partial charge in [0.25, 0.3) is 0 Å². The number of ether oxygens (including phenoxy) is 4. The molecule has 1 aliphatic rings. The molecule has 1 amide bonds. The minimum Gasteiger partial charge on any atom is -0.505 e. The van der Waals surface area contributed by atoms with Gasteiger partial charge in [-0.3, -0.25) is 10.1 Å².